The number of benzene rings is 1. The average molecular weight is 466 g/mol. The molecule has 3 aliphatic rings. The van der Waals surface area contributed by atoms with Crippen molar-refractivity contribution in [2.75, 3.05) is 7.11 Å². The zero-order chi connectivity index (χ0) is 24.4. The highest BCUT2D eigenvalue weighted by atomic mass is 16.5. The van der Waals surface area contributed by atoms with Crippen LogP contribution in [-0.2, 0) is 23.9 Å². The molecule has 1 heterocycles. The minimum atomic E-state index is -0.880. The van der Waals surface area contributed by atoms with Crippen molar-refractivity contribution in [1.29, 1.82) is 0 Å². The number of hydrogen-bond acceptors (Lipinski definition) is 6. The highest BCUT2D eigenvalue weighted by Gasteiger charge is 2.47. The first kappa shape index (κ1) is 24.2. The van der Waals surface area contributed by atoms with Crippen LogP contribution in [0.25, 0.3) is 0 Å². The smallest absolute Gasteiger partial charge is 0.337 e. The zero-order valence-corrected chi connectivity index (χ0v) is 20.6. The summed E-state index contributed by atoms with van der Waals surface area (Å²) in [5.74, 6) is -2.83. The molecule has 0 unspecified atom stereocenters. The second kappa shape index (κ2) is 10.2. The lowest BCUT2D eigenvalue weighted by molar-refractivity contribution is -0.151. The van der Waals surface area contributed by atoms with Gasteiger partial charge in [0.25, 0.3) is 0 Å². The Kier molecular flexibility index (Phi) is 7.24. The number of hydrogen-bond donors (Lipinski definition) is 1. The Morgan fingerprint density at radius 3 is 2.35 bits per heavy atom. The van der Waals surface area contributed by atoms with Gasteiger partial charge in [0.2, 0.25) is 0 Å². The molecule has 0 bridgehead atoms. The SMILES string of the molecule is COC(=O)[C@@H]1C(=O)C2=C(C[C@@H]1C)NC(C)=C(C(=O)OC1CCCCCC1)[C@H]2c1ccccc1C. The van der Waals surface area contributed by atoms with Crippen LogP contribution in [0.2, 0.25) is 0 Å². The van der Waals surface area contributed by atoms with E-state index in [0.717, 1.165) is 42.5 Å². The minimum Gasteiger partial charge on any atom is -0.468 e. The van der Waals surface area contributed by atoms with Gasteiger partial charge >= 0.3 is 11.9 Å². The number of dihydropyridines is 1. The molecule has 1 N–H and O–H groups in total. The predicted molar refractivity (Wildman–Crippen MR) is 129 cm³/mol. The molecule has 1 fully saturated rings. The minimum absolute atomic E-state index is 0.104. The average Bonchev–Trinajstić information content (AvgIpc) is 3.06. The van der Waals surface area contributed by atoms with Crippen molar-refractivity contribution in [2.24, 2.45) is 11.8 Å². The van der Waals surface area contributed by atoms with Crippen molar-refractivity contribution in [1.82, 2.24) is 5.32 Å². The van der Waals surface area contributed by atoms with Crippen LogP contribution in [0.5, 0.6) is 0 Å². The zero-order valence-electron chi connectivity index (χ0n) is 20.6. The van der Waals surface area contributed by atoms with Gasteiger partial charge in [-0.25, -0.2) is 4.79 Å². The molecule has 1 aromatic rings. The molecule has 182 valence electrons. The highest BCUT2D eigenvalue weighted by Crippen LogP contribution is 2.46. The Hall–Kier alpha value is -2.89. The quantitative estimate of drug-likeness (QED) is 0.388. The van der Waals surface area contributed by atoms with E-state index in [0.29, 0.717) is 23.3 Å². The van der Waals surface area contributed by atoms with Crippen LogP contribution < -0.4 is 5.32 Å². The van der Waals surface area contributed by atoms with Gasteiger partial charge in [0.1, 0.15) is 12.0 Å². The number of allylic oxidation sites excluding steroid dienone is 3. The van der Waals surface area contributed by atoms with Gasteiger partial charge in [-0.3, -0.25) is 9.59 Å². The van der Waals surface area contributed by atoms with Crippen LogP contribution in [0.1, 0.15) is 75.8 Å². The van der Waals surface area contributed by atoms with E-state index in [2.05, 4.69) is 5.32 Å². The van der Waals surface area contributed by atoms with Gasteiger partial charge in [0.05, 0.1) is 12.7 Å². The van der Waals surface area contributed by atoms with Crippen LogP contribution in [0.4, 0.5) is 0 Å². The largest absolute Gasteiger partial charge is 0.468 e. The summed E-state index contributed by atoms with van der Waals surface area (Å²) in [5, 5.41) is 3.34. The van der Waals surface area contributed by atoms with Gasteiger partial charge in [-0.05, 0) is 63.0 Å². The van der Waals surface area contributed by atoms with Crippen LogP contribution in [0.15, 0.2) is 46.8 Å². The Balaban J connectivity index is 1.78. The second-order valence-corrected chi connectivity index (χ2v) is 9.91. The van der Waals surface area contributed by atoms with E-state index in [1.807, 2.05) is 45.0 Å². The van der Waals surface area contributed by atoms with E-state index in [1.54, 1.807) is 0 Å². The summed E-state index contributed by atoms with van der Waals surface area (Å²) in [6, 6.07) is 7.80. The van der Waals surface area contributed by atoms with Gasteiger partial charge in [-0.15, -0.1) is 0 Å². The monoisotopic (exact) mass is 465 g/mol. The molecule has 0 amide bonds. The molecule has 6 heteroatoms. The molecule has 2 aliphatic carbocycles. The molecule has 1 saturated carbocycles. The number of rotatable bonds is 4. The molecule has 3 atom stereocenters. The van der Waals surface area contributed by atoms with E-state index in [9.17, 15) is 14.4 Å². The number of esters is 2. The maximum absolute atomic E-state index is 13.8. The van der Waals surface area contributed by atoms with E-state index in [4.69, 9.17) is 9.47 Å². The van der Waals surface area contributed by atoms with Crippen molar-refractivity contribution in [3.8, 4) is 0 Å². The molecule has 6 nitrogen and oxygen atoms in total. The summed E-state index contributed by atoms with van der Waals surface area (Å²) in [6.07, 6.45) is 6.62. The Bertz CT molecular complexity index is 1040. The van der Waals surface area contributed by atoms with Crippen LogP contribution in [-0.4, -0.2) is 30.9 Å². The number of Topliss-reactive ketones (excluding diaryl/α,β-unsaturated/α-hetero) is 1. The maximum Gasteiger partial charge on any atom is 0.337 e. The fraction of sp³-hybridized carbons (Fsp3) is 0.536. The number of ketones is 1. The topological polar surface area (TPSA) is 81.7 Å². The van der Waals surface area contributed by atoms with E-state index < -0.39 is 17.8 Å². The number of carbonyl (C=O) groups excluding carboxylic acids is 3. The van der Waals surface area contributed by atoms with Crippen LogP contribution in [0.3, 0.4) is 0 Å². The van der Waals surface area contributed by atoms with Crippen LogP contribution in [0, 0.1) is 18.8 Å². The first-order chi connectivity index (χ1) is 16.3. The maximum atomic E-state index is 13.8. The molecule has 0 spiro atoms. The molecule has 0 radical (unpaired) electrons. The van der Waals surface area contributed by atoms with Gasteiger partial charge in [-0.2, -0.15) is 0 Å². The Labute approximate surface area is 201 Å². The van der Waals surface area contributed by atoms with Gasteiger partial charge in [0.15, 0.2) is 5.78 Å². The summed E-state index contributed by atoms with van der Waals surface area (Å²) in [5.41, 5.74) is 4.31. The third kappa shape index (κ3) is 4.55. The molecule has 4 rings (SSSR count). The summed E-state index contributed by atoms with van der Waals surface area (Å²) in [4.78, 5) is 40.0. The van der Waals surface area contributed by atoms with Crippen molar-refractivity contribution >= 4 is 17.7 Å². The third-order valence-electron chi connectivity index (χ3n) is 7.54. The van der Waals surface area contributed by atoms with E-state index >= 15 is 0 Å². The normalized spacial score (nSPS) is 25.9. The number of ether oxygens (including phenoxy) is 2. The fourth-order valence-electron chi connectivity index (χ4n) is 5.75. The second-order valence-electron chi connectivity index (χ2n) is 9.91. The first-order valence-corrected chi connectivity index (χ1v) is 12.4. The lowest BCUT2D eigenvalue weighted by Crippen LogP contribution is -2.43. The lowest BCUT2D eigenvalue weighted by Gasteiger charge is -2.38. The molecule has 0 saturated heterocycles. The van der Waals surface area contributed by atoms with Crippen LogP contribution >= 0.6 is 0 Å². The molecule has 34 heavy (non-hydrogen) atoms. The molecule has 0 aromatic heterocycles. The van der Waals surface area contributed by atoms with Crippen molar-refractivity contribution in [3.05, 3.63) is 57.9 Å². The predicted octanol–water partition coefficient (Wildman–Crippen LogP) is 4.87. The van der Waals surface area contributed by atoms with Crippen molar-refractivity contribution < 1.29 is 23.9 Å². The summed E-state index contributed by atoms with van der Waals surface area (Å²) >= 11 is 0. The highest BCUT2D eigenvalue weighted by molar-refractivity contribution is 6.12. The number of carbonyl (C=O) groups is 3. The van der Waals surface area contributed by atoms with Crippen molar-refractivity contribution in [3.63, 3.8) is 0 Å². The van der Waals surface area contributed by atoms with Gasteiger partial charge in [0, 0.05) is 22.9 Å². The third-order valence-corrected chi connectivity index (χ3v) is 7.54. The van der Waals surface area contributed by atoms with Gasteiger partial charge < -0.3 is 14.8 Å². The number of nitrogens with one attached hydrogen (secondary N) is 1. The summed E-state index contributed by atoms with van der Waals surface area (Å²) in [6.45, 7) is 5.75. The summed E-state index contributed by atoms with van der Waals surface area (Å²) in [7, 11) is 1.31. The molecule has 1 aromatic carbocycles. The molecular weight excluding hydrogens is 430 g/mol. The molecular formula is C28H35NO5. The summed E-state index contributed by atoms with van der Waals surface area (Å²) < 4.78 is 11.0. The fourth-order valence-corrected chi connectivity index (χ4v) is 5.75. The first-order valence-electron chi connectivity index (χ1n) is 12.4. The molecule has 1 aliphatic heterocycles. The standard InChI is InChI=1S/C28H35NO5/c1-16-11-9-10-14-20(16)24-23(28(32)34-19-12-7-5-6-8-13-19)18(3)29-21-15-17(2)22(27(31)33-4)26(30)25(21)24/h9-11,14,17,19,22,24,29H,5-8,12-13,15H2,1-4H3/t17-,22-,24+/m0/s1. The Morgan fingerprint density at radius 1 is 1.03 bits per heavy atom. The number of aryl methyl sites for hydroxylation is 1. The number of methoxy groups -OCH3 is 1. The van der Waals surface area contributed by atoms with Gasteiger partial charge in [-0.1, -0.05) is 44.0 Å². The Morgan fingerprint density at radius 2 is 1.71 bits per heavy atom. The van der Waals surface area contributed by atoms with E-state index in [1.165, 1.54) is 20.0 Å². The van der Waals surface area contributed by atoms with E-state index in [-0.39, 0.29) is 23.8 Å². The van der Waals surface area contributed by atoms with Crippen molar-refractivity contribution in [2.45, 2.75) is 77.7 Å². The lowest BCUT2D eigenvalue weighted by atomic mass is 9.68.